The molecule has 3 nitrogen and oxygen atoms in total. The number of unbranched alkanes of at least 4 members (excludes halogenated alkanes) is 2. The third-order valence-electron chi connectivity index (χ3n) is 3.70. The van der Waals surface area contributed by atoms with Gasteiger partial charge in [0.25, 0.3) is 0 Å². The van der Waals surface area contributed by atoms with Crippen molar-refractivity contribution in [1.29, 1.82) is 0 Å². The second-order valence-corrected chi connectivity index (χ2v) is 5.31. The molecule has 1 fully saturated rings. The molecule has 0 amide bonds. The fourth-order valence-corrected chi connectivity index (χ4v) is 2.58. The Balaban J connectivity index is 2.55. The van der Waals surface area contributed by atoms with Gasteiger partial charge in [-0.25, -0.2) is 0 Å². The normalized spacial score (nSPS) is 29.7. The van der Waals surface area contributed by atoms with Crippen LogP contribution in [0.2, 0.25) is 0 Å². The molecule has 1 rings (SSSR count). The highest BCUT2D eigenvalue weighted by Crippen LogP contribution is 2.31. The molecule has 19 heavy (non-hydrogen) atoms. The van der Waals surface area contributed by atoms with E-state index in [2.05, 4.69) is 6.92 Å². The van der Waals surface area contributed by atoms with E-state index < -0.39 is 12.2 Å². The Kier molecular flexibility index (Phi) is 7.03. The van der Waals surface area contributed by atoms with Crippen molar-refractivity contribution in [2.24, 2.45) is 11.8 Å². The second-order valence-electron chi connectivity index (χ2n) is 5.31. The van der Waals surface area contributed by atoms with Gasteiger partial charge in [0.2, 0.25) is 0 Å². The lowest BCUT2D eigenvalue weighted by molar-refractivity contribution is -0.120. The summed E-state index contributed by atoms with van der Waals surface area (Å²) in [5, 5.41) is 19.7. The average Bonchev–Trinajstić information content (AvgIpc) is 2.63. The number of ketones is 1. The molecule has 3 heteroatoms. The van der Waals surface area contributed by atoms with E-state index >= 15 is 0 Å². The molecule has 2 N–H and O–H groups in total. The number of rotatable bonds is 7. The number of hydrogen-bond acceptors (Lipinski definition) is 3. The largest absolute Gasteiger partial charge is 0.392 e. The lowest BCUT2D eigenvalue weighted by Gasteiger charge is -2.15. The van der Waals surface area contributed by atoms with Crippen molar-refractivity contribution in [2.45, 2.75) is 58.2 Å². The molecule has 0 bridgehead atoms. The number of hydrogen-bond donors (Lipinski definition) is 2. The minimum atomic E-state index is -0.618. The van der Waals surface area contributed by atoms with Crippen LogP contribution in [0.4, 0.5) is 0 Å². The summed E-state index contributed by atoms with van der Waals surface area (Å²) < 4.78 is 0. The van der Waals surface area contributed by atoms with Gasteiger partial charge in [0.15, 0.2) is 0 Å². The first-order valence-electron chi connectivity index (χ1n) is 7.30. The highest BCUT2D eigenvalue weighted by Gasteiger charge is 2.38. The van der Waals surface area contributed by atoms with Gasteiger partial charge in [-0.2, -0.15) is 0 Å². The zero-order valence-corrected chi connectivity index (χ0v) is 12.0. The topological polar surface area (TPSA) is 57.5 Å². The third-order valence-corrected chi connectivity index (χ3v) is 3.70. The molecular weight excluding hydrogens is 240 g/mol. The predicted molar refractivity (Wildman–Crippen MR) is 76.7 cm³/mol. The van der Waals surface area contributed by atoms with Crippen molar-refractivity contribution >= 4 is 5.78 Å². The van der Waals surface area contributed by atoms with E-state index in [4.69, 9.17) is 0 Å². The maximum atomic E-state index is 11.7. The first-order valence-corrected chi connectivity index (χ1v) is 7.30. The van der Waals surface area contributed by atoms with Crippen molar-refractivity contribution in [3.05, 3.63) is 24.3 Å². The van der Waals surface area contributed by atoms with Crippen molar-refractivity contribution in [2.75, 3.05) is 0 Å². The SMILES string of the molecule is C/C=C/C1C(=O)CC(O)C1/C=C/C(O)CCCCC. The summed E-state index contributed by atoms with van der Waals surface area (Å²) in [4.78, 5) is 11.7. The van der Waals surface area contributed by atoms with Crippen LogP contribution in [0.3, 0.4) is 0 Å². The summed E-state index contributed by atoms with van der Waals surface area (Å²) in [5.74, 6) is -0.343. The molecule has 0 saturated heterocycles. The molecular formula is C16H26O3. The number of aliphatic hydroxyl groups is 2. The standard InChI is InChI=1S/C16H26O3/c1-3-5-6-8-12(17)9-10-14-13(7-4-2)15(18)11-16(14)19/h4,7,9-10,12-14,16-17,19H,3,5-6,8,11H2,1-2H3/b7-4+,10-9+. The van der Waals surface area contributed by atoms with Crippen LogP contribution >= 0.6 is 0 Å². The molecule has 0 aliphatic heterocycles. The van der Waals surface area contributed by atoms with Crippen LogP contribution in [-0.4, -0.2) is 28.2 Å². The van der Waals surface area contributed by atoms with E-state index in [1.54, 1.807) is 6.08 Å². The number of Topliss-reactive ketones (excluding diaryl/α,β-unsaturated/α-hetero) is 1. The van der Waals surface area contributed by atoms with Gasteiger partial charge in [-0.3, -0.25) is 4.79 Å². The van der Waals surface area contributed by atoms with Crippen molar-refractivity contribution < 1.29 is 15.0 Å². The Morgan fingerprint density at radius 1 is 1.37 bits per heavy atom. The van der Waals surface area contributed by atoms with Gasteiger partial charge in [-0.05, 0) is 13.3 Å². The summed E-state index contributed by atoms with van der Waals surface area (Å²) >= 11 is 0. The molecule has 0 aromatic heterocycles. The van der Waals surface area contributed by atoms with Crippen molar-refractivity contribution in [3.63, 3.8) is 0 Å². The number of carbonyl (C=O) groups excluding carboxylic acids is 1. The summed E-state index contributed by atoms with van der Waals surface area (Å²) in [5.41, 5.74) is 0. The molecule has 4 atom stereocenters. The summed E-state index contributed by atoms with van der Waals surface area (Å²) in [6.07, 6.45) is 10.4. The Morgan fingerprint density at radius 2 is 2.11 bits per heavy atom. The summed E-state index contributed by atoms with van der Waals surface area (Å²) in [7, 11) is 0. The van der Waals surface area contributed by atoms with E-state index in [1.165, 1.54) is 0 Å². The summed E-state index contributed by atoms with van der Waals surface area (Å²) in [6, 6.07) is 0. The van der Waals surface area contributed by atoms with Crippen LogP contribution in [-0.2, 0) is 4.79 Å². The van der Waals surface area contributed by atoms with Gasteiger partial charge in [0, 0.05) is 18.3 Å². The molecule has 4 unspecified atom stereocenters. The third kappa shape index (κ3) is 4.92. The van der Waals surface area contributed by atoms with Gasteiger partial charge in [0.05, 0.1) is 12.2 Å². The fraction of sp³-hybridized carbons (Fsp3) is 0.688. The first-order chi connectivity index (χ1) is 9.10. The fourth-order valence-electron chi connectivity index (χ4n) is 2.58. The molecule has 0 heterocycles. The van der Waals surface area contributed by atoms with Gasteiger partial charge >= 0.3 is 0 Å². The molecule has 0 spiro atoms. The maximum Gasteiger partial charge on any atom is 0.143 e. The van der Waals surface area contributed by atoms with Gasteiger partial charge in [-0.1, -0.05) is 50.5 Å². The van der Waals surface area contributed by atoms with E-state index in [-0.39, 0.29) is 24.0 Å². The lowest BCUT2D eigenvalue weighted by Crippen LogP contribution is -2.17. The van der Waals surface area contributed by atoms with E-state index in [0.717, 1.165) is 25.7 Å². The predicted octanol–water partition coefficient (Wildman–Crippen LogP) is 2.63. The van der Waals surface area contributed by atoms with E-state index in [1.807, 2.05) is 25.2 Å². The second kappa shape index (κ2) is 8.28. The Labute approximate surface area is 116 Å². The number of carbonyl (C=O) groups is 1. The summed E-state index contributed by atoms with van der Waals surface area (Å²) in [6.45, 7) is 4.00. The zero-order chi connectivity index (χ0) is 14.3. The van der Waals surface area contributed by atoms with Gasteiger partial charge in [-0.15, -0.1) is 0 Å². The minimum absolute atomic E-state index is 0.0840. The lowest BCUT2D eigenvalue weighted by atomic mass is 9.92. The maximum absolute atomic E-state index is 11.7. The van der Waals surface area contributed by atoms with Gasteiger partial charge < -0.3 is 10.2 Å². The molecule has 1 saturated carbocycles. The Hall–Kier alpha value is -0.930. The number of allylic oxidation sites excluding steroid dienone is 2. The quantitative estimate of drug-likeness (QED) is 0.550. The minimum Gasteiger partial charge on any atom is -0.392 e. The van der Waals surface area contributed by atoms with E-state index in [0.29, 0.717) is 0 Å². The molecule has 0 radical (unpaired) electrons. The monoisotopic (exact) mass is 266 g/mol. The first kappa shape index (κ1) is 16.1. The molecule has 108 valence electrons. The van der Waals surface area contributed by atoms with Crippen LogP contribution in [0.25, 0.3) is 0 Å². The highest BCUT2D eigenvalue weighted by atomic mass is 16.3. The molecule has 1 aliphatic carbocycles. The average molecular weight is 266 g/mol. The van der Waals surface area contributed by atoms with Crippen LogP contribution in [0, 0.1) is 11.8 Å². The highest BCUT2D eigenvalue weighted by molar-refractivity contribution is 5.86. The Bertz CT molecular complexity index is 333. The number of aliphatic hydroxyl groups excluding tert-OH is 2. The van der Waals surface area contributed by atoms with Crippen molar-refractivity contribution in [3.8, 4) is 0 Å². The van der Waals surface area contributed by atoms with Gasteiger partial charge in [0.1, 0.15) is 5.78 Å². The molecule has 0 aromatic rings. The van der Waals surface area contributed by atoms with Crippen molar-refractivity contribution in [1.82, 2.24) is 0 Å². The van der Waals surface area contributed by atoms with E-state index in [9.17, 15) is 15.0 Å². The smallest absolute Gasteiger partial charge is 0.143 e. The molecule has 0 aromatic carbocycles. The van der Waals surface area contributed by atoms with Crippen LogP contribution in [0.5, 0.6) is 0 Å². The van der Waals surface area contributed by atoms with Crippen LogP contribution in [0.15, 0.2) is 24.3 Å². The van der Waals surface area contributed by atoms with Crippen LogP contribution < -0.4 is 0 Å². The molecule has 1 aliphatic rings. The zero-order valence-electron chi connectivity index (χ0n) is 12.0. The Morgan fingerprint density at radius 3 is 2.74 bits per heavy atom. The van der Waals surface area contributed by atoms with Crippen LogP contribution in [0.1, 0.15) is 46.0 Å².